The van der Waals surface area contributed by atoms with E-state index in [0.717, 1.165) is 95.8 Å². The number of hydrogen-bond acceptors (Lipinski definition) is 15. The number of aliphatic hydroxyl groups excluding tert-OH is 1. The molecule has 83 heavy (non-hydrogen) atoms. The number of carbonyl (C=O) groups excluding carboxylic acids is 4. The molecule has 0 aliphatic heterocycles. The molecule has 0 bridgehead atoms. The largest absolute Gasteiger partial charge is 0.472 e. The number of rotatable bonds is 64. The van der Waals surface area contributed by atoms with E-state index < -0.39 is 97.5 Å². The van der Waals surface area contributed by atoms with Crippen molar-refractivity contribution in [2.24, 2.45) is 5.92 Å². The molecule has 0 saturated heterocycles. The predicted molar refractivity (Wildman–Crippen MR) is 331 cm³/mol. The van der Waals surface area contributed by atoms with Crippen LogP contribution in [0, 0.1) is 5.92 Å². The summed E-state index contributed by atoms with van der Waals surface area (Å²) >= 11 is 0. The molecule has 3 N–H and O–H groups in total. The fraction of sp³-hybridized carbons (Fsp3) is 0.938. The summed E-state index contributed by atoms with van der Waals surface area (Å²) in [6.45, 7) is 7.16. The van der Waals surface area contributed by atoms with Gasteiger partial charge in [-0.3, -0.25) is 37.3 Å². The van der Waals surface area contributed by atoms with E-state index >= 15 is 0 Å². The van der Waals surface area contributed by atoms with Crippen molar-refractivity contribution >= 4 is 39.5 Å². The molecule has 0 spiro atoms. The molecule has 19 heteroatoms. The number of carbonyl (C=O) groups is 4. The first-order valence-electron chi connectivity index (χ1n) is 33.6. The highest BCUT2D eigenvalue weighted by atomic mass is 31.2. The molecule has 0 aromatic rings. The molecule has 17 nitrogen and oxygen atoms in total. The summed E-state index contributed by atoms with van der Waals surface area (Å²) in [5, 5.41) is 10.5. The number of hydrogen-bond donors (Lipinski definition) is 3. The van der Waals surface area contributed by atoms with Crippen LogP contribution in [0.1, 0.15) is 324 Å². The smallest absolute Gasteiger partial charge is 0.462 e. The molecule has 0 aliphatic carbocycles. The maximum atomic E-state index is 13.0. The summed E-state index contributed by atoms with van der Waals surface area (Å²) in [4.78, 5) is 72.1. The second-order valence-corrected chi connectivity index (χ2v) is 26.5. The maximum Gasteiger partial charge on any atom is 0.472 e. The lowest BCUT2D eigenvalue weighted by Gasteiger charge is -2.21. The van der Waals surface area contributed by atoms with Crippen LogP contribution in [0.15, 0.2) is 0 Å². The molecule has 0 heterocycles. The van der Waals surface area contributed by atoms with Crippen LogP contribution in [-0.2, 0) is 65.4 Å². The lowest BCUT2D eigenvalue weighted by Crippen LogP contribution is -2.30. The van der Waals surface area contributed by atoms with Crippen LogP contribution in [0.25, 0.3) is 0 Å². The molecular weight excluding hydrogens is 1100 g/mol. The third kappa shape index (κ3) is 58.8. The molecule has 0 aromatic heterocycles. The van der Waals surface area contributed by atoms with Crippen molar-refractivity contribution in [3.8, 4) is 0 Å². The van der Waals surface area contributed by atoms with Gasteiger partial charge in [-0.25, -0.2) is 9.13 Å². The van der Waals surface area contributed by atoms with Gasteiger partial charge in [0.1, 0.15) is 19.3 Å². The van der Waals surface area contributed by atoms with Crippen molar-refractivity contribution in [3.63, 3.8) is 0 Å². The Morgan fingerprint density at radius 3 is 0.819 bits per heavy atom. The van der Waals surface area contributed by atoms with Crippen LogP contribution in [0.2, 0.25) is 0 Å². The zero-order chi connectivity index (χ0) is 61.3. The minimum absolute atomic E-state index is 0.106. The fourth-order valence-electron chi connectivity index (χ4n) is 9.58. The first kappa shape index (κ1) is 81.1. The Labute approximate surface area is 505 Å². The molecule has 492 valence electrons. The minimum Gasteiger partial charge on any atom is -0.462 e. The number of phosphoric ester groups is 2. The molecule has 0 radical (unpaired) electrons. The van der Waals surface area contributed by atoms with Crippen molar-refractivity contribution in [2.75, 3.05) is 39.6 Å². The summed E-state index contributed by atoms with van der Waals surface area (Å²) in [6, 6.07) is 0. The zero-order valence-corrected chi connectivity index (χ0v) is 55.1. The normalized spacial score (nSPS) is 14.2. The highest BCUT2D eigenvalue weighted by Gasteiger charge is 2.30. The fourth-order valence-corrected chi connectivity index (χ4v) is 11.2. The molecule has 0 fully saturated rings. The van der Waals surface area contributed by atoms with Crippen molar-refractivity contribution in [2.45, 2.75) is 342 Å². The summed E-state index contributed by atoms with van der Waals surface area (Å²) in [6.07, 6.45) is 41.6. The van der Waals surface area contributed by atoms with Gasteiger partial charge in [-0.15, -0.1) is 0 Å². The second kappa shape index (κ2) is 57.8. The monoisotopic (exact) mass is 1230 g/mol. The van der Waals surface area contributed by atoms with Gasteiger partial charge in [0.2, 0.25) is 0 Å². The van der Waals surface area contributed by atoms with E-state index in [-0.39, 0.29) is 25.7 Å². The Balaban J connectivity index is 5.23. The van der Waals surface area contributed by atoms with Gasteiger partial charge in [0.15, 0.2) is 12.2 Å². The quantitative estimate of drug-likeness (QED) is 0.0222. The van der Waals surface area contributed by atoms with Gasteiger partial charge < -0.3 is 33.8 Å². The maximum absolute atomic E-state index is 13.0. The summed E-state index contributed by atoms with van der Waals surface area (Å²) in [7, 11) is -9.88. The van der Waals surface area contributed by atoms with Crippen LogP contribution in [0.5, 0.6) is 0 Å². The molecule has 0 amide bonds. The van der Waals surface area contributed by atoms with Crippen LogP contribution < -0.4 is 0 Å². The standard InChI is InChI=1S/C64H124O17P2/c1-6-9-12-15-18-21-22-23-29-33-38-43-48-62(67)75-54-60(81-64(69)50-45-40-35-30-25-24-28-31-36-41-46-57(4)5)56-79-83(72,73)77-52-58(65)51-76-82(70,71)78-55-59(80-63(68)49-44-39-34-27-20-17-14-11-8-3)53-74-61(66)47-42-37-32-26-19-16-13-10-7-2/h57-60,65H,6-56H2,1-5H3,(H,70,71)(H,72,73)/t58-,59+,60+/m0/s1. The van der Waals surface area contributed by atoms with Gasteiger partial charge in [0.05, 0.1) is 26.4 Å². The van der Waals surface area contributed by atoms with Gasteiger partial charge in [-0.05, 0) is 31.6 Å². The number of aliphatic hydroxyl groups is 1. The van der Waals surface area contributed by atoms with Crippen LogP contribution >= 0.6 is 15.6 Å². The second-order valence-electron chi connectivity index (χ2n) is 23.6. The molecular formula is C64H124O17P2. The van der Waals surface area contributed by atoms with E-state index in [1.807, 2.05) is 0 Å². The Hall–Kier alpha value is -1.94. The van der Waals surface area contributed by atoms with E-state index in [9.17, 15) is 43.2 Å². The summed E-state index contributed by atoms with van der Waals surface area (Å²) in [5.74, 6) is -1.38. The van der Waals surface area contributed by atoms with Gasteiger partial charge in [0, 0.05) is 25.7 Å². The Morgan fingerprint density at radius 2 is 0.554 bits per heavy atom. The summed E-state index contributed by atoms with van der Waals surface area (Å²) in [5.41, 5.74) is 0. The zero-order valence-electron chi connectivity index (χ0n) is 53.3. The van der Waals surface area contributed by atoms with E-state index in [0.29, 0.717) is 25.7 Å². The number of ether oxygens (including phenoxy) is 4. The Morgan fingerprint density at radius 1 is 0.325 bits per heavy atom. The molecule has 0 saturated carbocycles. The van der Waals surface area contributed by atoms with E-state index in [1.165, 1.54) is 148 Å². The minimum atomic E-state index is -4.94. The molecule has 2 unspecified atom stereocenters. The van der Waals surface area contributed by atoms with Crippen LogP contribution in [-0.4, -0.2) is 96.7 Å². The van der Waals surface area contributed by atoms with Crippen molar-refractivity contribution < 1.29 is 80.2 Å². The van der Waals surface area contributed by atoms with Crippen LogP contribution in [0.4, 0.5) is 0 Å². The van der Waals surface area contributed by atoms with Crippen molar-refractivity contribution in [3.05, 3.63) is 0 Å². The first-order chi connectivity index (χ1) is 40.0. The SMILES string of the molecule is CCCCCCCCCCCCCCC(=O)OC[C@H](COP(=O)(O)OC[C@@H](O)COP(=O)(O)OC[C@@H](COC(=O)CCCCCCCCCCC)OC(=O)CCCCCCCCCCC)OC(=O)CCCCCCCCCCCCC(C)C. The molecule has 5 atom stereocenters. The molecule has 0 rings (SSSR count). The van der Waals surface area contributed by atoms with Gasteiger partial charge >= 0.3 is 39.5 Å². The van der Waals surface area contributed by atoms with Gasteiger partial charge in [-0.1, -0.05) is 272 Å². The average molecular weight is 1230 g/mol. The Kier molecular flexibility index (Phi) is 56.4. The highest BCUT2D eigenvalue weighted by molar-refractivity contribution is 7.47. The number of esters is 4. The topological polar surface area (TPSA) is 237 Å². The Bertz CT molecular complexity index is 1620. The van der Waals surface area contributed by atoms with Gasteiger partial charge in [0.25, 0.3) is 0 Å². The van der Waals surface area contributed by atoms with Crippen LogP contribution in [0.3, 0.4) is 0 Å². The number of unbranched alkanes of at least 4 members (excludes halogenated alkanes) is 36. The molecule has 0 aromatic carbocycles. The van der Waals surface area contributed by atoms with Gasteiger partial charge in [-0.2, -0.15) is 0 Å². The lowest BCUT2D eigenvalue weighted by molar-refractivity contribution is -0.161. The van der Waals surface area contributed by atoms with Crippen molar-refractivity contribution in [1.82, 2.24) is 0 Å². The van der Waals surface area contributed by atoms with Crippen molar-refractivity contribution in [1.29, 1.82) is 0 Å². The summed E-state index contributed by atoms with van der Waals surface area (Å²) < 4.78 is 67.9. The van der Waals surface area contributed by atoms with E-state index in [4.69, 9.17) is 37.0 Å². The van der Waals surface area contributed by atoms with E-state index in [2.05, 4.69) is 34.6 Å². The number of phosphoric acid groups is 2. The average Bonchev–Trinajstić information content (AvgIpc) is 3.46. The van der Waals surface area contributed by atoms with E-state index in [1.54, 1.807) is 0 Å². The first-order valence-corrected chi connectivity index (χ1v) is 36.6. The predicted octanol–water partition coefficient (Wildman–Crippen LogP) is 17.8. The highest BCUT2D eigenvalue weighted by Crippen LogP contribution is 2.45. The third-order valence-corrected chi connectivity index (χ3v) is 16.7. The third-order valence-electron chi connectivity index (χ3n) is 14.8. The lowest BCUT2D eigenvalue weighted by atomic mass is 10.0. The molecule has 0 aliphatic rings.